The third-order valence-corrected chi connectivity index (χ3v) is 5.73. The van der Waals surface area contributed by atoms with E-state index >= 15 is 0 Å². The highest BCUT2D eigenvalue weighted by Crippen LogP contribution is 2.46. The molecule has 3 atom stereocenters. The molecule has 0 bridgehead atoms. The molecule has 0 aromatic rings. The number of fused-ring (bicyclic) bond motifs is 1. The third kappa shape index (κ3) is 4.07. The van der Waals surface area contributed by atoms with Crippen LogP contribution < -0.4 is 5.32 Å². The minimum absolute atomic E-state index is 0.0838. The first-order chi connectivity index (χ1) is 11.5. The molecule has 3 N–H and O–H groups in total. The van der Waals surface area contributed by atoms with Crippen LogP contribution in [0.5, 0.6) is 0 Å². The monoisotopic (exact) mass is 373 g/mol. The Hall–Kier alpha value is -1.19. The number of aliphatic carboxylic acids is 1. The zero-order chi connectivity index (χ0) is 17.7. The van der Waals surface area contributed by atoms with Crippen molar-refractivity contribution < 1.29 is 19.8 Å². The Balaban J connectivity index is 1.85. The van der Waals surface area contributed by atoms with Crippen LogP contribution in [0.4, 0.5) is 0 Å². The molecule has 0 saturated carbocycles. The third-order valence-electron chi connectivity index (χ3n) is 4.02. The number of β-lactam (4-membered cyclic amide) rings is 1. The van der Waals surface area contributed by atoms with Crippen molar-refractivity contribution in [2.45, 2.75) is 25.5 Å². The van der Waals surface area contributed by atoms with E-state index < -0.39 is 18.0 Å². The van der Waals surface area contributed by atoms with E-state index in [0.717, 1.165) is 12.3 Å². The Labute approximate surface area is 150 Å². The van der Waals surface area contributed by atoms with Gasteiger partial charge in [-0.25, -0.2) is 4.79 Å². The molecule has 134 valence electrons. The van der Waals surface area contributed by atoms with Gasteiger partial charge in [0.1, 0.15) is 5.70 Å². The number of amides is 1. The second-order valence-corrected chi connectivity index (χ2v) is 7.83. The summed E-state index contributed by atoms with van der Waals surface area (Å²) in [6, 6.07) is -0.216. The zero-order valence-electron chi connectivity index (χ0n) is 13.8. The lowest BCUT2D eigenvalue weighted by molar-refractivity contribution is -0.161. The summed E-state index contributed by atoms with van der Waals surface area (Å²) in [5.74, 6) is -0.183. The maximum atomic E-state index is 12.1. The number of carboxylic acid groups (broad SMARTS) is 1. The van der Waals surface area contributed by atoms with Crippen LogP contribution in [0.2, 0.25) is 0 Å². The standard InChI is InChI=1S/C15H23N3O4S2/c1-9(19)12-10-7-11(13(15(21)22)18(10)14(12)20)24-6-4-17-8-16-3-5-23-2/h8-10,12,19H,3-7H2,1-2H3,(H,16,17)(H,21,22)/t9-,10-,12-/m1/s1. The molecule has 0 aromatic carbocycles. The Morgan fingerprint density at radius 3 is 2.92 bits per heavy atom. The van der Waals surface area contributed by atoms with Crippen molar-refractivity contribution in [1.82, 2.24) is 10.2 Å². The second-order valence-electron chi connectivity index (χ2n) is 5.65. The lowest BCUT2D eigenvalue weighted by atomic mass is 9.83. The normalized spacial score (nSPS) is 24.3. The van der Waals surface area contributed by atoms with Crippen molar-refractivity contribution in [2.24, 2.45) is 10.9 Å². The van der Waals surface area contributed by atoms with Gasteiger partial charge in [0.25, 0.3) is 0 Å². The molecule has 2 aliphatic rings. The van der Waals surface area contributed by atoms with Crippen LogP contribution in [0.3, 0.4) is 0 Å². The molecule has 24 heavy (non-hydrogen) atoms. The molecular weight excluding hydrogens is 350 g/mol. The molecule has 1 saturated heterocycles. The fourth-order valence-corrected chi connectivity index (χ4v) is 4.30. The van der Waals surface area contributed by atoms with E-state index in [9.17, 15) is 19.8 Å². The van der Waals surface area contributed by atoms with Gasteiger partial charge in [-0.3, -0.25) is 9.79 Å². The largest absolute Gasteiger partial charge is 0.477 e. The van der Waals surface area contributed by atoms with Gasteiger partial charge in [-0.05, 0) is 13.2 Å². The van der Waals surface area contributed by atoms with E-state index in [1.807, 2.05) is 6.26 Å². The highest BCUT2D eigenvalue weighted by molar-refractivity contribution is 8.03. The molecule has 7 nitrogen and oxygen atoms in total. The van der Waals surface area contributed by atoms with Crippen molar-refractivity contribution >= 4 is 41.7 Å². The minimum Gasteiger partial charge on any atom is -0.477 e. The smallest absolute Gasteiger partial charge is 0.353 e. The van der Waals surface area contributed by atoms with Gasteiger partial charge in [-0.1, -0.05) is 0 Å². The molecular formula is C15H23N3O4S2. The average Bonchev–Trinajstić information content (AvgIpc) is 2.84. The van der Waals surface area contributed by atoms with Crippen LogP contribution in [0.15, 0.2) is 15.6 Å². The maximum absolute atomic E-state index is 12.1. The summed E-state index contributed by atoms with van der Waals surface area (Å²) in [6.45, 7) is 3.02. The van der Waals surface area contributed by atoms with Gasteiger partial charge in [0.15, 0.2) is 0 Å². The van der Waals surface area contributed by atoms with E-state index in [1.165, 1.54) is 16.7 Å². The Morgan fingerprint density at radius 2 is 2.29 bits per heavy atom. The molecule has 0 aromatic heterocycles. The molecule has 2 aliphatic heterocycles. The number of carbonyl (C=O) groups is 2. The van der Waals surface area contributed by atoms with Gasteiger partial charge in [0.2, 0.25) is 5.91 Å². The van der Waals surface area contributed by atoms with Crippen LogP contribution in [-0.4, -0.2) is 76.3 Å². The molecule has 2 rings (SSSR count). The predicted octanol–water partition coefficient (Wildman–Crippen LogP) is 0.608. The first-order valence-electron chi connectivity index (χ1n) is 7.80. The first-order valence-corrected chi connectivity index (χ1v) is 10.2. The van der Waals surface area contributed by atoms with Gasteiger partial charge < -0.3 is 20.4 Å². The van der Waals surface area contributed by atoms with Crippen molar-refractivity contribution in [3.8, 4) is 0 Å². The van der Waals surface area contributed by atoms with E-state index in [4.69, 9.17) is 0 Å². The topological polar surface area (TPSA) is 102 Å². The fourth-order valence-electron chi connectivity index (χ4n) is 2.93. The number of aliphatic imine (C=N–C) groups is 1. The molecule has 9 heteroatoms. The van der Waals surface area contributed by atoms with Crippen molar-refractivity contribution in [3.63, 3.8) is 0 Å². The molecule has 0 spiro atoms. The maximum Gasteiger partial charge on any atom is 0.353 e. The summed E-state index contributed by atoms with van der Waals surface area (Å²) in [5.41, 5.74) is 0.0838. The first kappa shape index (κ1) is 19.1. The highest BCUT2D eigenvalue weighted by Gasteiger charge is 2.56. The predicted molar refractivity (Wildman–Crippen MR) is 97.3 cm³/mol. The number of carboxylic acids is 1. The number of aliphatic hydroxyl groups is 1. The Kier molecular flexibility index (Phi) is 7.00. The van der Waals surface area contributed by atoms with Gasteiger partial charge in [-0.15, -0.1) is 11.8 Å². The molecule has 2 heterocycles. The highest BCUT2D eigenvalue weighted by atomic mass is 32.2. The van der Waals surface area contributed by atoms with Gasteiger partial charge >= 0.3 is 5.97 Å². The number of carbonyl (C=O) groups excluding carboxylic acids is 1. The second kappa shape index (κ2) is 8.77. The molecule has 1 fully saturated rings. The SMILES string of the molecule is CSCCN=CNCCSC1=C(C(=O)O)N2C(=O)[C@H]([C@@H](C)O)[C@H]2C1. The Bertz CT molecular complexity index is 551. The summed E-state index contributed by atoms with van der Waals surface area (Å²) in [5, 5.41) is 22.2. The molecule has 0 aliphatic carbocycles. The zero-order valence-corrected chi connectivity index (χ0v) is 15.4. The number of aliphatic hydroxyl groups excluding tert-OH is 1. The lowest BCUT2D eigenvalue weighted by Gasteiger charge is -2.44. The van der Waals surface area contributed by atoms with Crippen LogP contribution in [0.1, 0.15) is 13.3 Å². The number of thioether (sulfide) groups is 2. The number of nitrogens with zero attached hydrogens (tertiary/aromatic N) is 2. The van der Waals surface area contributed by atoms with Crippen LogP contribution in [0, 0.1) is 5.92 Å². The van der Waals surface area contributed by atoms with Crippen LogP contribution >= 0.6 is 23.5 Å². The van der Waals surface area contributed by atoms with Crippen molar-refractivity contribution in [1.29, 1.82) is 0 Å². The summed E-state index contributed by atoms with van der Waals surface area (Å²) in [7, 11) is 0. The van der Waals surface area contributed by atoms with Gasteiger partial charge in [0, 0.05) is 35.9 Å². The lowest BCUT2D eigenvalue weighted by Crippen LogP contribution is -2.61. The van der Waals surface area contributed by atoms with E-state index in [0.29, 0.717) is 23.6 Å². The van der Waals surface area contributed by atoms with Crippen molar-refractivity contribution in [2.75, 3.05) is 30.9 Å². The summed E-state index contributed by atoms with van der Waals surface area (Å²) in [4.78, 5) is 29.8. The number of hydrogen-bond acceptors (Lipinski definition) is 6. The Morgan fingerprint density at radius 1 is 1.54 bits per heavy atom. The fraction of sp³-hybridized carbons (Fsp3) is 0.667. The quantitative estimate of drug-likeness (QED) is 0.223. The summed E-state index contributed by atoms with van der Waals surface area (Å²) < 4.78 is 0. The van der Waals surface area contributed by atoms with E-state index in [2.05, 4.69) is 10.3 Å². The average molecular weight is 374 g/mol. The number of rotatable bonds is 10. The summed E-state index contributed by atoms with van der Waals surface area (Å²) in [6.07, 6.45) is 3.47. The minimum atomic E-state index is -1.08. The van der Waals surface area contributed by atoms with Gasteiger partial charge in [0.05, 0.1) is 24.4 Å². The number of nitrogens with one attached hydrogen (secondary N) is 1. The molecule has 0 unspecified atom stereocenters. The van der Waals surface area contributed by atoms with Gasteiger partial charge in [-0.2, -0.15) is 11.8 Å². The summed E-state index contributed by atoms with van der Waals surface area (Å²) >= 11 is 3.19. The molecule has 1 amide bonds. The number of hydrogen-bond donors (Lipinski definition) is 3. The van der Waals surface area contributed by atoms with Crippen molar-refractivity contribution in [3.05, 3.63) is 10.6 Å². The molecule has 0 radical (unpaired) electrons. The van der Waals surface area contributed by atoms with Crippen LogP contribution in [-0.2, 0) is 9.59 Å². The van der Waals surface area contributed by atoms with Crippen LogP contribution in [0.25, 0.3) is 0 Å². The van der Waals surface area contributed by atoms with E-state index in [-0.39, 0.29) is 17.6 Å². The van der Waals surface area contributed by atoms with E-state index in [1.54, 1.807) is 25.0 Å².